The van der Waals surface area contributed by atoms with Gasteiger partial charge < -0.3 is 10.2 Å². The highest BCUT2D eigenvalue weighted by Crippen LogP contribution is 2.27. The maximum Gasteiger partial charge on any atom is 0.273 e. The molecular formula is C21H25N5O2S. The van der Waals surface area contributed by atoms with E-state index < -0.39 is 0 Å². The van der Waals surface area contributed by atoms with Crippen molar-refractivity contribution in [3.8, 4) is 0 Å². The molecule has 1 aromatic carbocycles. The molecule has 29 heavy (non-hydrogen) atoms. The second-order valence-corrected chi connectivity index (χ2v) is 8.55. The number of piperidine rings is 1. The highest BCUT2D eigenvalue weighted by Gasteiger charge is 2.18. The van der Waals surface area contributed by atoms with E-state index in [0.29, 0.717) is 16.9 Å². The second kappa shape index (κ2) is 8.32. The maximum atomic E-state index is 12.8. The summed E-state index contributed by atoms with van der Waals surface area (Å²) in [4.78, 5) is 36.2. The Morgan fingerprint density at radius 1 is 1.17 bits per heavy atom. The predicted octanol–water partition coefficient (Wildman–Crippen LogP) is 2.78. The molecule has 0 radical (unpaired) electrons. The monoisotopic (exact) mass is 411 g/mol. The lowest BCUT2D eigenvalue weighted by Gasteiger charge is -2.25. The van der Waals surface area contributed by atoms with Crippen molar-refractivity contribution in [2.45, 2.75) is 46.2 Å². The molecule has 1 fully saturated rings. The summed E-state index contributed by atoms with van der Waals surface area (Å²) >= 11 is 1.37. The van der Waals surface area contributed by atoms with E-state index in [1.165, 1.54) is 39.8 Å². The Labute approximate surface area is 173 Å². The molecule has 8 heteroatoms. The van der Waals surface area contributed by atoms with Crippen LogP contribution in [0.15, 0.2) is 29.3 Å². The molecule has 4 rings (SSSR count). The Bertz CT molecular complexity index is 1100. The quantitative estimate of drug-likeness (QED) is 0.698. The van der Waals surface area contributed by atoms with E-state index in [0.717, 1.165) is 36.6 Å². The molecule has 0 atom stereocenters. The van der Waals surface area contributed by atoms with Gasteiger partial charge in [-0.2, -0.15) is 4.98 Å². The Kier molecular flexibility index (Phi) is 5.62. The van der Waals surface area contributed by atoms with Crippen LogP contribution in [0.25, 0.3) is 10.3 Å². The topological polar surface area (TPSA) is 80.1 Å². The molecule has 1 saturated heterocycles. The van der Waals surface area contributed by atoms with Gasteiger partial charge in [-0.3, -0.25) is 14.2 Å². The number of benzene rings is 1. The maximum absolute atomic E-state index is 12.8. The first kappa shape index (κ1) is 19.6. The van der Waals surface area contributed by atoms with Crippen LogP contribution < -0.4 is 15.8 Å². The molecule has 0 saturated carbocycles. The largest absolute Gasteiger partial charge is 0.350 e. The van der Waals surface area contributed by atoms with Crippen LogP contribution in [0.4, 0.5) is 5.13 Å². The molecule has 1 aliphatic rings. The number of hydrogen-bond acceptors (Lipinski definition) is 6. The zero-order valence-electron chi connectivity index (χ0n) is 16.8. The van der Waals surface area contributed by atoms with Gasteiger partial charge in [0, 0.05) is 19.6 Å². The van der Waals surface area contributed by atoms with Gasteiger partial charge in [-0.1, -0.05) is 29.5 Å². The van der Waals surface area contributed by atoms with Crippen molar-refractivity contribution in [1.82, 2.24) is 19.9 Å². The Balaban J connectivity index is 1.45. The van der Waals surface area contributed by atoms with Crippen LogP contribution in [0.2, 0.25) is 0 Å². The summed E-state index contributed by atoms with van der Waals surface area (Å²) in [5.74, 6) is -0.216. The number of carbonyl (C=O) groups is 1. The molecule has 0 spiro atoms. The van der Waals surface area contributed by atoms with E-state index >= 15 is 0 Å². The van der Waals surface area contributed by atoms with Crippen molar-refractivity contribution < 1.29 is 4.79 Å². The van der Waals surface area contributed by atoms with E-state index in [1.807, 2.05) is 19.1 Å². The van der Waals surface area contributed by atoms with Crippen molar-refractivity contribution in [2.24, 2.45) is 0 Å². The van der Waals surface area contributed by atoms with Crippen molar-refractivity contribution >= 4 is 32.7 Å². The minimum Gasteiger partial charge on any atom is -0.350 e. The average Bonchev–Trinajstić information content (AvgIpc) is 3.17. The van der Waals surface area contributed by atoms with E-state index in [9.17, 15) is 9.59 Å². The number of carbonyl (C=O) groups excluding carboxylic acids is 1. The second-order valence-electron chi connectivity index (χ2n) is 7.57. The summed E-state index contributed by atoms with van der Waals surface area (Å²) in [6.45, 7) is 6.43. The standard InChI is InChI=1S/C21H25N5O2S/c1-14-6-7-16(10-15(14)2)11-22-17(27)12-26-13-23-19-18(20(26)28)29-21(24-19)25-8-4-3-5-9-25/h6-7,10,13H,3-5,8-9,11-12H2,1-2H3,(H,22,27). The molecule has 3 aromatic rings. The summed E-state index contributed by atoms with van der Waals surface area (Å²) in [7, 11) is 0. The van der Waals surface area contributed by atoms with Crippen LogP contribution in [-0.2, 0) is 17.9 Å². The molecule has 1 amide bonds. The first-order valence-corrected chi connectivity index (χ1v) is 10.8. The van der Waals surface area contributed by atoms with Gasteiger partial charge in [-0.05, 0) is 49.8 Å². The average molecular weight is 412 g/mol. The summed E-state index contributed by atoms with van der Waals surface area (Å²) in [5, 5.41) is 3.73. The molecule has 2 aromatic heterocycles. The lowest BCUT2D eigenvalue weighted by molar-refractivity contribution is -0.121. The van der Waals surface area contributed by atoms with Gasteiger partial charge in [0.2, 0.25) is 5.91 Å². The lowest BCUT2D eigenvalue weighted by Crippen LogP contribution is -2.32. The number of amides is 1. The van der Waals surface area contributed by atoms with Gasteiger partial charge in [-0.25, -0.2) is 4.98 Å². The zero-order chi connectivity index (χ0) is 20.4. The Morgan fingerprint density at radius 2 is 1.97 bits per heavy atom. The van der Waals surface area contributed by atoms with E-state index in [2.05, 4.69) is 33.2 Å². The van der Waals surface area contributed by atoms with E-state index in [4.69, 9.17) is 0 Å². The molecule has 0 unspecified atom stereocenters. The normalized spacial score (nSPS) is 14.3. The number of nitrogens with zero attached hydrogens (tertiary/aromatic N) is 4. The van der Waals surface area contributed by atoms with Crippen LogP contribution in [0.1, 0.15) is 36.0 Å². The number of rotatable bonds is 5. The van der Waals surface area contributed by atoms with Crippen molar-refractivity contribution in [3.63, 3.8) is 0 Å². The molecule has 1 N–H and O–H groups in total. The number of nitrogens with one attached hydrogen (secondary N) is 1. The summed E-state index contributed by atoms with van der Waals surface area (Å²) < 4.78 is 1.87. The molecule has 1 aliphatic heterocycles. The van der Waals surface area contributed by atoms with Crippen LogP contribution >= 0.6 is 11.3 Å². The molecular weight excluding hydrogens is 386 g/mol. The highest BCUT2D eigenvalue weighted by molar-refractivity contribution is 7.22. The van der Waals surface area contributed by atoms with Gasteiger partial charge in [0.05, 0.1) is 0 Å². The zero-order valence-corrected chi connectivity index (χ0v) is 17.6. The molecule has 7 nitrogen and oxygen atoms in total. The van der Waals surface area contributed by atoms with E-state index in [1.54, 1.807) is 0 Å². The van der Waals surface area contributed by atoms with E-state index in [-0.39, 0.29) is 18.0 Å². The van der Waals surface area contributed by atoms with Crippen molar-refractivity contribution in [3.05, 3.63) is 51.6 Å². The van der Waals surface area contributed by atoms with Crippen LogP contribution in [0, 0.1) is 13.8 Å². The third-order valence-electron chi connectivity index (χ3n) is 5.37. The van der Waals surface area contributed by atoms with Gasteiger partial charge in [0.25, 0.3) is 5.56 Å². The van der Waals surface area contributed by atoms with Crippen molar-refractivity contribution in [1.29, 1.82) is 0 Å². The Hall–Kier alpha value is -2.74. The first-order valence-electron chi connectivity index (χ1n) is 9.95. The fourth-order valence-electron chi connectivity index (χ4n) is 3.49. The minimum absolute atomic E-state index is 0.0520. The fraction of sp³-hybridized carbons (Fsp3) is 0.429. The number of aromatic nitrogens is 3. The smallest absolute Gasteiger partial charge is 0.273 e. The predicted molar refractivity (Wildman–Crippen MR) is 116 cm³/mol. The third kappa shape index (κ3) is 4.32. The summed E-state index contributed by atoms with van der Waals surface area (Å²) in [6.07, 6.45) is 4.95. The SMILES string of the molecule is Cc1ccc(CNC(=O)Cn2cnc3nc(N4CCCCC4)sc3c2=O)cc1C. The van der Waals surface area contributed by atoms with Crippen LogP contribution in [0.5, 0.6) is 0 Å². The van der Waals surface area contributed by atoms with Crippen molar-refractivity contribution in [2.75, 3.05) is 18.0 Å². The van der Waals surface area contributed by atoms with Gasteiger partial charge >= 0.3 is 0 Å². The number of fused-ring (bicyclic) bond motifs is 1. The summed E-state index contributed by atoms with van der Waals surface area (Å²) in [6, 6.07) is 6.11. The minimum atomic E-state index is -0.216. The molecule has 0 aliphatic carbocycles. The number of aryl methyl sites for hydroxylation is 2. The lowest BCUT2D eigenvalue weighted by atomic mass is 10.1. The molecule has 152 valence electrons. The van der Waals surface area contributed by atoms with Gasteiger partial charge in [0.15, 0.2) is 10.8 Å². The summed E-state index contributed by atoms with van der Waals surface area (Å²) in [5.41, 5.74) is 3.71. The molecule has 0 bridgehead atoms. The number of thiazole rings is 1. The third-order valence-corrected chi connectivity index (χ3v) is 6.47. The fourth-order valence-corrected chi connectivity index (χ4v) is 4.51. The van der Waals surface area contributed by atoms with Crippen LogP contribution in [-0.4, -0.2) is 33.5 Å². The Morgan fingerprint density at radius 3 is 2.72 bits per heavy atom. The van der Waals surface area contributed by atoms with Gasteiger partial charge in [0.1, 0.15) is 17.6 Å². The van der Waals surface area contributed by atoms with Crippen LogP contribution in [0.3, 0.4) is 0 Å². The molecule has 3 heterocycles. The van der Waals surface area contributed by atoms with Gasteiger partial charge in [-0.15, -0.1) is 0 Å². The highest BCUT2D eigenvalue weighted by atomic mass is 32.1. The number of anilines is 1. The first-order chi connectivity index (χ1) is 14.0. The number of hydrogen-bond donors (Lipinski definition) is 1.